The third-order valence-electron chi connectivity index (χ3n) is 6.62. The van der Waals surface area contributed by atoms with Gasteiger partial charge in [-0.3, -0.25) is 14.6 Å². The summed E-state index contributed by atoms with van der Waals surface area (Å²) in [6.07, 6.45) is 5.91. The predicted molar refractivity (Wildman–Crippen MR) is 130 cm³/mol. The van der Waals surface area contributed by atoms with Crippen molar-refractivity contribution >= 4 is 21.8 Å². The van der Waals surface area contributed by atoms with Gasteiger partial charge in [0.25, 0.3) is 0 Å². The Bertz CT molecular complexity index is 823. The van der Waals surface area contributed by atoms with Crippen molar-refractivity contribution in [3.63, 3.8) is 0 Å². The van der Waals surface area contributed by atoms with Crippen LogP contribution in [0.25, 0.3) is 0 Å². The Morgan fingerprint density at radius 2 is 1.29 bits per heavy atom. The second-order valence-corrected chi connectivity index (χ2v) is 9.96. The van der Waals surface area contributed by atoms with Crippen LogP contribution < -0.4 is 5.32 Å². The van der Waals surface area contributed by atoms with Gasteiger partial charge in [0.05, 0.1) is 0 Å². The normalized spacial score (nSPS) is 18.7. The third-order valence-corrected chi connectivity index (χ3v) is 7.15. The van der Waals surface area contributed by atoms with Gasteiger partial charge in [-0.25, -0.2) is 0 Å². The van der Waals surface area contributed by atoms with Gasteiger partial charge in [0, 0.05) is 30.0 Å². The molecule has 1 amide bonds. The molecule has 4 nitrogen and oxygen atoms in total. The summed E-state index contributed by atoms with van der Waals surface area (Å²) in [5.41, 5.74) is 3.88. The summed E-state index contributed by atoms with van der Waals surface area (Å²) in [6.45, 7) is 7.05. The highest BCUT2D eigenvalue weighted by Gasteiger charge is 2.24. The van der Waals surface area contributed by atoms with E-state index in [0.717, 1.165) is 43.5 Å². The number of amides is 1. The Hall–Kier alpha value is -1.69. The largest absolute Gasteiger partial charge is 0.352 e. The number of hydrogen-bond acceptors (Lipinski definition) is 3. The number of piperidine rings is 2. The summed E-state index contributed by atoms with van der Waals surface area (Å²) < 4.78 is 1.11. The fourth-order valence-electron chi connectivity index (χ4n) is 4.67. The number of hydrogen-bond donors (Lipinski definition) is 1. The average Bonchev–Trinajstić information content (AvgIpc) is 2.81. The van der Waals surface area contributed by atoms with Gasteiger partial charge in [-0.1, -0.05) is 58.7 Å². The van der Waals surface area contributed by atoms with Gasteiger partial charge >= 0.3 is 0 Å². The van der Waals surface area contributed by atoms with Gasteiger partial charge in [0.1, 0.15) is 0 Å². The molecule has 0 saturated carbocycles. The molecule has 2 heterocycles. The number of benzene rings is 2. The fourth-order valence-corrected chi connectivity index (χ4v) is 4.94. The molecule has 0 aliphatic carbocycles. The molecular formula is C26H34BrN3O. The number of carbonyl (C=O) groups excluding carboxylic acids is 1. The van der Waals surface area contributed by atoms with E-state index in [0.29, 0.717) is 6.54 Å². The molecule has 1 N–H and O–H groups in total. The Labute approximate surface area is 195 Å². The molecule has 0 atom stereocenters. The number of carbonyl (C=O) groups is 1. The van der Waals surface area contributed by atoms with Crippen molar-refractivity contribution in [3.05, 3.63) is 69.7 Å². The Morgan fingerprint density at radius 3 is 1.90 bits per heavy atom. The van der Waals surface area contributed by atoms with Gasteiger partial charge in [0.2, 0.25) is 5.91 Å². The molecule has 2 aliphatic heterocycles. The SMILES string of the molecule is O=C(NCc1ccc(CN2CCCCC2)cc1)C1CCN(Cc2ccc(Br)cc2)CC1. The first-order valence-corrected chi connectivity index (χ1v) is 12.5. The van der Waals surface area contributed by atoms with Gasteiger partial charge in [-0.05, 0) is 80.7 Å². The lowest BCUT2D eigenvalue weighted by Crippen LogP contribution is -2.40. The van der Waals surface area contributed by atoms with E-state index in [1.807, 2.05) is 0 Å². The Morgan fingerprint density at radius 1 is 0.774 bits per heavy atom. The van der Waals surface area contributed by atoms with Gasteiger partial charge in [-0.2, -0.15) is 0 Å². The lowest BCUT2D eigenvalue weighted by Gasteiger charge is -2.31. The number of nitrogens with one attached hydrogen (secondary N) is 1. The van der Waals surface area contributed by atoms with Crippen molar-refractivity contribution < 1.29 is 4.79 Å². The van der Waals surface area contributed by atoms with E-state index in [4.69, 9.17) is 0 Å². The van der Waals surface area contributed by atoms with E-state index in [1.165, 1.54) is 49.0 Å². The van der Waals surface area contributed by atoms with E-state index in [9.17, 15) is 4.79 Å². The van der Waals surface area contributed by atoms with Crippen molar-refractivity contribution in [1.82, 2.24) is 15.1 Å². The predicted octanol–water partition coefficient (Wildman–Crippen LogP) is 4.96. The topological polar surface area (TPSA) is 35.6 Å². The van der Waals surface area contributed by atoms with Crippen LogP contribution in [0.2, 0.25) is 0 Å². The number of nitrogens with zero attached hydrogens (tertiary/aromatic N) is 2. The summed E-state index contributed by atoms with van der Waals surface area (Å²) in [5.74, 6) is 0.347. The second kappa shape index (κ2) is 11.3. The Kier molecular flexibility index (Phi) is 8.17. The van der Waals surface area contributed by atoms with Crippen molar-refractivity contribution in [2.75, 3.05) is 26.2 Å². The maximum atomic E-state index is 12.7. The van der Waals surface area contributed by atoms with Crippen molar-refractivity contribution in [3.8, 4) is 0 Å². The molecule has 2 aromatic carbocycles. The van der Waals surface area contributed by atoms with Crippen LogP contribution in [0.5, 0.6) is 0 Å². The van der Waals surface area contributed by atoms with Crippen LogP contribution in [-0.2, 0) is 24.4 Å². The van der Waals surface area contributed by atoms with Crippen molar-refractivity contribution in [1.29, 1.82) is 0 Å². The molecule has 0 aromatic heterocycles. The van der Waals surface area contributed by atoms with Crippen LogP contribution >= 0.6 is 15.9 Å². The van der Waals surface area contributed by atoms with Crippen LogP contribution in [0, 0.1) is 5.92 Å². The average molecular weight is 484 g/mol. The van der Waals surface area contributed by atoms with E-state index in [1.54, 1.807) is 0 Å². The number of halogens is 1. The van der Waals surface area contributed by atoms with Crippen LogP contribution in [-0.4, -0.2) is 41.9 Å². The van der Waals surface area contributed by atoms with Crippen LogP contribution in [0.1, 0.15) is 48.8 Å². The standard InChI is InChI=1S/C26H34BrN3O/c27-25-10-8-23(9-11-25)20-30-16-12-24(13-17-30)26(31)28-18-21-4-6-22(7-5-21)19-29-14-2-1-3-15-29/h4-11,24H,1-3,12-20H2,(H,28,31). The minimum Gasteiger partial charge on any atom is -0.352 e. The highest BCUT2D eigenvalue weighted by Crippen LogP contribution is 2.20. The summed E-state index contributed by atoms with van der Waals surface area (Å²) in [4.78, 5) is 17.7. The van der Waals surface area contributed by atoms with Crippen molar-refractivity contribution in [2.24, 2.45) is 5.92 Å². The first-order valence-electron chi connectivity index (χ1n) is 11.7. The lowest BCUT2D eigenvalue weighted by atomic mass is 9.95. The van der Waals surface area contributed by atoms with Gasteiger partial charge in [-0.15, -0.1) is 0 Å². The first-order chi connectivity index (χ1) is 15.2. The van der Waals surface area contributed by atoms with Crippen LogP contribution in [0.3, 0.4) is 0 Å². The minimum atomic E-state index is 0.138. The molecule has 2 aromatic rings. The molecule has 31 heavy (non-hydrogen) atoms. The maximum absolute atomic E-state index is 12.7. The molecule has 5 heteroatoms. The quantitative estimate of drug-likeness (QED) is 0.603. The minimum absolute atomic E-state index is 0.138. The van der Waals surface area contributed by atoms with Crippen molar-refractivity contribution in [2.45, 2.75) is 51.7 Å². The molecule has 2 fully saturated rings. The van der Waals surface area contributed by atoms with Gasteiger partial charge < -0.3 is 5.32 Å². The smallest absolute Gasteiger partial charge is 0.223 e. The zero-order valence-corrected chi connectivity index (χ0v) is 19.9. The molecule has 0 unspecified atom stereocenters. The van der Waals surface area contributed by atoms with Crippen LogP contribution in [0.15, 0.2) is 53.0 Å². The molecular weight excluding hydrogens is 450 g/mol. The molecule has 4 rings (SSSR count). The first kappa shape index (κ1) is 22.5. The van der Waals surface area contributed by atoms with Crippen LogP contribution in [0.4, 0.5) is 0 Å². The second-order valence-electron chi connectivity index (χ2n) is 9.05. The summed E-state index contributed by atoms with van der Waals surface area (Å²) >= 11 is 3.49. The molecule has 166 valence electrons. The van der Waals surface area contributed by atoms with E-state index >= 15 is 0 Å². The number of rotatable bonds is 7. The zero-order chi connectivity index (χ0) is 21.5. The molecule has 0 spiro atoms. The fraction of sp³-hybridized carbons (Fsp3) is 0.500. The molecule has 0 bridgehead atoms. The third kappa shape index (κ3) is 6.90. The zero-order valence-electron chi connectivity index (χ0n) is 18.4. The Balaban J connectivity index is 1.17. The lowest BCUT2D eigenvalue weighted by molar-refractivity contribution is -0.126. The maximum Gasteiger partial charge on any atom is 0.223 e. The monoisotopic (exact) mass is 483 g/mol. The highest BCUT2D eigenvalue weighted by atomic mass is 79.9. The molecule has 2 aliphatic rings. The summed E-state index contributed by atoms with van der Waals surface area (Å²) in [6, 6.07) is 17.3. The summed E-state index contributed by atoms with van der Waals surface area (Å²) in [5, 5.41) is 3.17. The van der Waals surface area contributed by atoms with E-state index < -0.39 is 0 Å². The van der Waals surface area contributed by atoms with E-state index in [2.05, 4.69) is 79.6 Å². The summed E-state index contributed by atoms with van der Waals surface area (Å²) in [7, 11) is 0. The van der Waals surface area contributed by atoms with E-state index in [-0.39, 0.29) is 11.8 Å². The highest BCUT2D eigenvalue weighted by molar-refractivity contribution is 9.10. The van der Waals surface area contributed by atoms with Gasteiger partial charge in [0.15, 0.2) is 0 Å². The molecule has 2 saturated heterocycles. The molecule has 0 radical (unpaired) electrons. The number of likely N-dealkylation sites (tertiary alicyclic amines) is 2.